The van der Waals surface area contributed by atoms with Crippen molar-refractivity contribution in [2.24, 2.45) is 0 Å². The number of Topliss-reactive ketones (excluding diaryl/α,β-unsaturated/α-hetero) is 1. The number of aromatic amines is 1. The van der Waals surface area contributed by atoms with Gasteiger partial charge >= 0.3 is 0 Å². The summed E-state index contributed by atoms with van der Waals surface area (Å²) in [4.78, 5) is 21.1. The number of ketones is 1. The van der Waals surface area contributed by atoms with E-state index in [9.17, 15) is 4.79 Å². The molecular formula is C22H13Cl3N2O. The molecule has 3 nitrogen and oxygen atoms in total. The number of nitrogens with one attached hydrogen (secondary N) is 1. The van der Waals surface area contributed by atoms with Crippen molar-refractivity contribution in [3.8, 4) is 0 Å². The monoisotopic (exact) mass is 426 g/mol. The third-order valence-corrected chi connectivity index (χ3v) is 5.20. The van der Waals surface area contributed by atoms with Gasteiger partial charge in [0, 0.05) is 26.2 Å². The maximum atomic E-state index is 13.3. The van der Waals surface area contributed by atoms with Crippen LogP contribution in [0.25, 0.3) is 22.7 Å². The number of hydrogen-bond acceptors (Lipinski definition) is 2. The molecule has 0 spiro atoms. The van der Waals surface area contributed by atoms with Crippen molar-refractivity contribution in [2.75, 3.05) is 0 Å². The number of imidazole rings is 1. The minimum absolute atomic E-state index is 0.216. The Morgan fingerprint density at radius 3 is 2.21 bits per heavy atom. The van der Waals surface area contributed by atoms with E-state index in [4.69, 9.17) is 34.8 Å². The molecule has 0 aliphatic rings. The molecule has 1 N–H and O–H groups in total. The number of halogens is 3. The largest absolute Gasteiger partial charge is 0.338 e. The highest BCUT2D eigenvalue weighted by Gasteiger charge is 2.19. The molecule has 6 heteroatoms. The molecular weight excluding hydrogens is 415 g/mol. The van der Waals surface area contributed by atoms with E-state index in [2.05, 4.69) is 9.97 Å². The van der Waals surface area contributed by atoms with E-state index in [1.165, 1.54) is 0 Å². The molecule has 1 heterocycles. The summed E-state index contributed by atoms with van der Waals surface area (Å²) in [7, 11) is 0. The first-order valence-corrected chi connectivity index (χ1v) is 9.57. The van der Waals surface area contributed by atoms with Gasteiger partial charge < -0.3 is 4.98 Å². The third-order valence-electron chi connectivity index (χ3n) is 4.28. The summed E-state index contributed by atoms with van der Waals surface area (Å²) in [6, 6.07) is 19.5. The summed E-state index contributed by atoms with van der Waals surface area (Å²) in [6.45, 7) is 0. The van der Waals surface area contributed by atoms with E-state index in [1.54, 1.807) is 48.5 Å². The second kappa shape index (κ2) is 7.80. The van der Waals surface area contributed by atoms with E-state index in [0.717, 1.165) is 11.0 Å². The summed E-state index contributed by atoms with van der Waals surface area (Å²) in [5.41, 5.74) is 2.99. The topological polar surface area (TPSA) is 45.8 Å². The SMILES string of the molecule is O=C(/C(=C/c1c(Cl)cccc1Cl)c1nc2ccccc2[nH]1)c1ccc(Cl)cc1. The summed E-state index contributed by atoms with van der Waals surface area (Å²) in [6.07, 6.45) is 1.67. The first-order chi connectivity index (χ1) is 13.5. The fourth-order valence-corrected chi connectivity index (χ4v) is 3.50. The lowest BCUT2D eigenvalue weighted by Gasteiger charge is -2.07. The Labute approximate surface area is 176 Å². The van der Waals surface area contributed by atoms with E-state index in [1.807, 2.05) is 24.3 Å². The maximum absolute atomic E-state index is 13.3. The summed E-state index contributed by atoms with van der Waals surface area (Å²) in [5.74, 6) is 0.226. The van der Waals surface area contributed by atoms with Crippen molar-refractivity contribution in [3.63, 3.8) is 0 Å². The Kier molecular flexibility index (Phi) is 5.23. The van der Waals surface area contributed by atoms with E-state index in [-0.39, 0.29) is 5.78 Å². The average Bonchev–Trinajstić information content (AvgIpc) is 3.12. The number of hydrogen-bond donors (Lipinski definition) is 1. The maximum Gasteiger partial charge on any atom is 0.196 e. The minimum Gasteiger partial charge on any atom is -0.338 e. The number of rotatable bonds is 4. The summed E-state index contributed by atoms with van der Waals surface area (Å²) >= 11 is 18.6. The number of fused-ring (bicyclic) bond motifs is 1. The molecule has 0 fully saturated rings. The fourth-order valence-electron chi connectivity index (χ4n) is 2.87. The molecule has 0 radical (unpaired) electrons. The first-order valence-electron chi connectivity index (χ1n) is 8.44. The normalized spacial score (nSPS) is 11.8. The zero-order valence-electron chi connectivity index (χ0n) is 14.4. The summed E-state index contributed by atoms with van der Waals surface area (Å²) in [5, 5.41) is 1.45. The van der Waals surface area contributed by atoms with Crippen LogP contribution >= 0.6 is 34.8 Å². The van der Waals surface area contributed by atoms with Crippen LogP contribution in [0, 0.1) is 0 Å². The van der Waals surface area contributed by atoms with E-state index in [0.29, 0.717) is 37.6 Å². The van der Waals surface area contributed by atoms with Crippen LogP contribution in [0.5, 0.6) is 0 Å². The zero-order chi connectivity index (χ0) is 19.7. The minimum atomic E-state index is -0.216. The lowest BCUT2D eigenvalue weighted by molar-refractivity contribution is 0.105. The van der Waals surface area contributed by atoms with Crippen molar-refractivity contribution in [3.05, 3.63) is 98.7 Å². The van der Waals surface area contributed by atoms with Gasteiger partial charge in [-0.1, -0.05) is 53.0 Å². The Morgan fingerprint density at radius 2 is 1.54 bits per heavy atom. The number of carbonyl (C=O) groups excluding carboxylic acids is 1. The van der Waals surface area contributed by atoms with Gasteiger partial charge in [-0.05, 0) is 54.6 Å². The highest BCUT2D eigenvalue weighted by atomic mass is 35.5. The van der Waals surface area contributed by atoms with Crippen LogP contribution in [0.3, 0.4) is 0 Å². The van der Waals surface area contributed by atoms with Gasteiger partial charge in [-0.2, -0.15) is 0 Å². The van der Waals surface area contributed by atoms with Gasteiger partial charge in [-0.25, -0.2) is 4.98 Å². The molecule has 4 aromatic rings. The van der Waals surface area contributed by atoms with Crippen molar-refractivity contribution in [2.45, 2.75) is 0 Å². The highest BCUT2D eigenvalue weighted by Crippen LogP contribution is 2.30. The van der Waals surface area contributed by atoms with Crippen LogP contribution in [0.1, 0.15) is 21.7 Å². The summed E-state index contributed by atoms with van der Waals surface area (Å²) < 4.78 is 0. The van der Waals surface area contributed by atoms with Crippen LogP contribution < -0.4 is 0 Å². The number of benzene rings is 3. The molecule has 0 bridgehead atoms. The third kappa shape index (κ3) is 3.69. The van der Waals surface area contributed by atoms with Crippen molar-refractivity contribution in [1.29, 1.82) is 0 Å². The highest BCUT2D eigenvalue weighted by molar-refractivity contribution is 6.39. The molecule has 138 valence electrons. The van der Waals surface area contributed by atoms with Crippen LogP contribution in [-0.4, -0.2) is 15.8 Å². The smallest absolute Gasteiger partial charge is 0.196 e. The number of para-hydroxylation sites is 2. The van der Waals surface area contributed by atoms with Gasteiger partial charge in [0.15, 0.2) is 5.78 Å². The molecule has 0 saturated carbocycles. The van der Waals surface area contributed by atoms with Crippen LogP contribution in [0.4, 0.5) is 0 Å². The van der Waals surface area contributed by atoms with Crippen LogP contribution in [-0.2, 0) is 0 Å². The van der Waals surface area contributed by atoms with Gasteiger partial charge in [0.25, 0.3) is 0 Å². The Morgan fingerprint density at radius 1 is 0.857 bits per heavy atom. The van der Waals surface area contributed by atoms with Gasteiger partial charge in [0.05, 0.1) is 16.6 Å². The molecule has 0 aliphatic heterocycles. The predicted molar refractivity (Wildman–Crippen MR) is 116 cm³/mol. The van der Waals surface area contributed by atoms with Crippen molar-refractivity contribution < 1.29 is 4.79 Å². The number of nitrogens with zero attached hydrogens (tertiary/aromatic N) is 1. The lowest BCUT2D eigenvalue weighted by atomic mass is 10.0. The first kappa shape index (κ1) is 18.8. The molecule has 0 unspecified atom stereocenters. The average molecular weight is 428 g/mol. The van der Waals surface area contributed by atoms with Crippen LogP contribution in [0.15, 0.2) is 66.7 Å². The molecule has 1 aromatic heterocycles. The van der Waals surface area contributed by atoms with Crippen molar-refractivity contribution >= 4 is 63.3 Å². The zero-order valence-corrected chi connectivity index (χ0v) is 16.7. The van der Waals surface area contributed by atoms with E-state index >= 15 is 0 Å². The van der Waals surface area contributed by atoms with Crippen molar-refractivity contribution in [1.82, 2.24) is 9.97 Å². The number of H-pyrrole nitrogens is 1. The number of carbonyl (C=O) groups is 1. The Balaban J connectivity index is 1.91. The van der Waals surface area contributed by atoms with Crippen LogP contribution in [0.2, 0.25) is 15.1 Å². The van der Waals surface area contributed by atoms with Gasteiger partial charge in [-0.15, -0.1) is 0 Å². The number of allylic oxidation sites excluding steroid dienone is 1. The van der Waals surface area contributed by atoms with Gasteiger partial charge in [-0.3, -0.25) is 4.79 Å². The molecule has 4 rings (SSSR count). The Bertz CT molecular complexity index is 1160. The molecule has 0 amide bonds. The number of aromatic nitrogens is 2. The molecule has 0 saturated heterocycles. The second-order valence-electron chi connectivity index (χ2n) is 6.13. The predicted octanol–water partition coefficient (Wildman–Crippen LogP) is 6.95. The molecule has 0 atom stereocenters. The fraction of sp³-hybridized carbons (Fsp3) is 0. The van der Waals surface area contributed by atoms with Gasteiger partial charge in [0.1, 0.15) is 5.82 Å². The second-order valence-corrected chi connectivity index (χ2v) is 7.38. The molecule has 28 heavy (non-hydrogen) atoms. The molecule has 0 aliphatic carbocycles. The van der Waals surface area contributed by atoms with E-state index < -0.39 is 0 Å². The Hall–Kier alpha value is -2.59. The quantitative estimate of drug-likeness (QED) is 0.283. The standard InChI is InChI=1S/C22H13Cl3N2O/c23-14-10-8-13(9-11-14)21(28)16(12-15-17(24)4-3-5-18(15)25)22-26-19-6-1-2-7-20(19)27-22/h1-12H,(H,26,27)/b16-12-. The lowest BCUT2D eigenvalue weighted by Crippen LogP contribution is -2.04. The van der Waals surface area contributed by atoms with Gasteiger partial charge in [0.2, 0.25) is 0 Å². The molecule has 3 aromatic carbocycles.